The molecule has 0 bridgehead atoms. The van der Waals surface area contributed by atoms with Gasteiger partial charge in [-0.2, -0.15) is 8.78 Å². The third-order valence-corrected chi connectivity index (χ3v) is 5.17. The number of rotatable bonds is 8. The number of nitrogens with one attached hydrogen (secondary N) is 1. The van der Waals surface area contributed by atoms with E-state index in [9.17, 15) is 18.4 Å². The van der Waals surface area contributed by atoms with Gasteiger partial charge in [-0.25, -0.2) is 4.79 Å². The molecule has 0 aliphatic heterocycles. The molecule has 2 aromatic rings. The number of ether oxygens (including phenoxy) is 2. The van der Waals surface area contributed by atoms with E-state index in [0.717, 1.165) is 16.0 Å². The number of benzene rings is 1. The third kappa shape index (κ3) is 5.74. The van der Waals surface area contributed by atoms with Gasteiger partial charge in [0.1, 0.15) is 10.8 Å². The molecule has 28 heavy (non-hydrogen) atoms. The Hall–Kier alpha value is -2.52. The zero-order chi connectivity index (χ0) is 20.8. The van der Waals surface area contributed by atoms with Gasteiger partial charge in [0, 0.05) is 11.4 Å². The first-order valence-electron chi connectivity index (χ1n) is 8.41. The average molecular weight is 412 g/mol. The van der Waals surface area contributed by atoms with Gasteiger partial charge in [-0.05, 0) is 44.2 Å². The summed E-state index contributed by atoms with van der Waals surface area (Å²) in [6.45, 7) is 1.34. The van der Waals surface area contributed by atoms with Gasteiger partial charge in [0.25, 0.3) is 0 Å². The van der Waals surface area contributed by atoms with E-state index < -0.39 is 12.6 Å². The molecule has 0 atom stereocenters. The van der Waals surface area contributed by atoms with Crippen LogP contribution in [0.3, 0.4) is 0 Å². The fourth-order valence-electron chi connectivity index (χ4n) is 2.62. The highest BCUT2D eigenvalue weighted by Gasteiger charge is 2.21. The monoisotopic (exact) mass is 412 g/mol. The summed E-state index contributed by atoms with van der Waals surface area (Å²) in [6, 6.07) is 6.23. The molecule has 1 N–H and O–H groups in total. The van der Waals surface area contributed by atoms with Crippen LogP contribution in [0.4, 0.5) is 13.8 Å². The summed E-state index contributed by atoms with van der Waals surface area (Å²) in [5.74, 6) is -0.680. The summed E-state index contributed by atoms with van der Waals surface area (Å²) in [5, 5.41) is 3.23. The Bertz CT molecular complexity index is 837. The molecular formula is C19H22F2N2O4S. The van der Waals surface area contributed by atoms with Crippen LogP contribution >= 0.6 is 11.3 Å². The minimum absolute atomic E-state index is 0.0814. The highest BCUT2D eigenvalue weighted by molar-refractivity contribution is 7.16. The Morgan fingerprint density at radius 3 is 2.43 bits per heavy atom. The SMILES string of the molecule is COC(=O)c1c(NC(=O)CN(C)Cc2ccc(OC(F)F)cc2)sc(C)c1C. The predicted octanol–water partition coefficient (Wildman–Crippen LogP) is 3.82. The molecule has 2 rings (SSSR count). The van der Waals surface area contributed by atoms with Gasteiger partial charge in [-0.3, -0.25) is 9.69 Å². The van der Waals surface area contributed by atoms with Crippen LogP contribution in [0.15, 0.2) is 24.3 Å². The maximum absolute atomic E-state index is 12.4. The molecule has 1 amide bonds. The highest BCUT2D eigenvalue weighted by Crippen LogP contribution is 2.32. The lowest BCUT2D eigenvalue weighted by atomic mass is 10.1. The first-order chi connectivity index (χ1) is 13.2. The van der Waals surface area contributed by atoms with Crippen LogP contribution in [0.1, 0.15) is 26.4 Å². The summed E-state index contributed by atoms with van der Waals surface area (Å²) >= 11 is 1.32. The molecule has 9 heteroatoms. The molecule has 0 spiro atoms. The molecule has 0 saturated heterocycles. The van der Waals surface area contributed by atoms with Gasteiger partial charge in [-0.1, -0.05) is 12.1 Å². The number of carbonyl (C=O) groups is 2. The van der Waals surface area contributed by atoms with Crippen molar-refractivity contribution in [2.75, 3.05) is 26.0 Å². The Morgan fingerprint density at radius 1 is 1.21 bits per heavy atom. The van der Waals surface area contributed by atoms with Crippen molar-refractivity contribution in [1.82, 2.24) is 4.90 Å². The molecule has 0 aliphatic carbocycles. The number of carbonyl (C=O) groups excluding carboxylic acids is 2. The van der Waals surface area contributed by atoms with Crippen molar-refractivity contribution in [2.24, 2.45) is 0 Å². The number of hydrogen-bond donors (Lipinski definition) is 1. The maximum Gasteiger partial charge on any atom is 0.387 e. The number of methoxy groups -OCH3 is 1. The quantitative estimate of drug-likeness (QED) is 0.668. The second-order valence-corrected chi connectivity index (χ2v) is 7.45. The number of halogens is 2. The number of likely N-dealkylation sites (N-methyl/N-ethyl adjacent to an activating group) is 1. The standard InChI is InChI=1S/C19H22F2N2O4S/c1-11-12(2)28-17(16(11)18(25)26-4)22-15(24)10-23(3)9-13-5-7-14(8-6-13)27-19(20)21/h5-8,19H,9-10H2,1-4H3,(H,22,24). The fraction of sp³-hybridized carbons (Fsp3) is 0.368. The predicted molar refractivity (Wildman–Crippen MR) is 103 cm³/mol. The number of esters is 1. The fourth-order valence-corrected chi connectivity index (χ4v) is 3.68. The van der Waals surface area contributed by atoms with Crippen molar-refractivity contribution in [3.05, 3.63) is 45.8 Å². The maximum atomic E-state index is 12.4. The molecule has 0 unspecified atom stereocenters. The molecule has 152 valence electrons. The first-order valence-corrected chi connectivity index (χ1v) is 9.23. The van der Waals surface area contributed by atoms with Crippen LogP contribution in [-0.2, 0) is 16.1 Å². The summed E-state index contributed by atoms with van der Waals surface area (Å²) in [4.78, 5) is 27.0. The molecule has 1 heterocycles. The van der Waals surface area contributed by atoms with Crippen LogP contribution in [0.25, 0.3) is 0 Å². The molecular weight excluding hydrogens is 390 g/mol. The van der Waals surface area contributed by atoms with Crippen LogP contribution in [0.2, 0.25) is 0 Å². The lowest BCUT2D eigenvalue weighted by molar-refractivity contribution is -0.117. The van der Waals surface area contributed by atoms with Crippen molar-refractivity contribution in [2.45, 2.75) is 27.0 Å². The highest BCUT2D eigenvalue weighted by atomic mass is 32.1. The van der Waals surface area contributed by atoms with E-state index in [1.807, 2.05) is 6.92 Å². The molecule has 0 radical (unpaired) electrons. The number of hydrogen-bond acceptors (Lipinski definition) is 6. The van der Waals surface area contributed by atoms with Gasteiger partial charge in [0.2, 0.25) is 5.91 Å². The van der Waals surface area contributed by atoms with E-state index in [0.29, 0.717) is 17.1 Å². The summed E-state index contributed by atoms with van der Waals surface area (Å²) in [7, 11) is 3.06. The molecule has 1 aromatic carbocycles. The van der Waals surface area contributed by atoms with Crippen LogP contribution in [0, 0.1) is 13.8 Å². The summed E-state index contributed by atoms with van der Waals surface area (Å²) in [6.07, 6.45) is 0. The molecule has 0 fully saturated rings. The Labute approximate surface area is 166 Å². The summed E-state index contributed by atoms with van der Waals surface area (Å²) in [5.41, 5.74) is 2.00. The Morgan fingerprint density at radius 2 is 1.86 bits per heavy atom. The number of amides is 1. The average Bonchev–Trinajstić information content (AvgIpc) is 2.89. The number of thiophene rings is 1. The summed E-state index contributed by atoms with van der Waals surface area (Å²) < 4.78 is 33.5. The second kappa shape index (κ2) is 9.61. The van der Waals surface area contributed by atoms with Crippen LogP contribution in [-0.4, -0.2) is 44.1 Å². The van der Waals surface area contributed by atoms with Crippen molar-refractivity contribution >= 4 is 28.2 Å². The van der Waals surface area contributed by atoms with Gasteiger partial charge in [0.15, 0.2) is 0 Å². The molecule has 6 nitrogen and oxygen atoms in total. The van der Waals surface area contributed by atoms with E-state index in [4.69, 9.17) is 4.74 Å². The lowest BCUT2D eigenvalue weighted by Gasteiger charge is -2.16. The minimum atomic E-state index is -2.86. The zero-order valence-corrected chi connectivity index (χ0v) is 16.9. The van der Waals surface area contributed by atoms with E-state index >= 15 is 0 Å². The van der Waals surface area contributed by atoms with Crippen LogP contribution in [0.5, 0.6) is 5.75 Å². The van der Waals surface area contributed by atoms with Gasteiger partial charge in [0.05, 0.1) is 19.2 Å². The minimum Gasteiger partial charge on any atom is -0.465 e. The van der Waals surface area contributed by atoms with E-state index in [2.05, 4.69) is 10.1 Å². The largest absolute Gasteiger partial charge is 0.465 e. The van der Waals surface area contributed by atoms with E-state index in [1.54, 1.807) is 31.0 Å². The van der Waals surface area contributed by atoms with Gasteiger partial charge >= 0.3 is 12.6 Å². The van der Waals surface area contributed by atoms with E-state index in [-0.39, 0.29) is 18.2 Å². The zero-order valence-electron chi connectivity index (χ0n) is 16.0. The smallest absolute Gasteiger partial charge is 0.387 e. The van der Waals surface area contributed by atoms with Gasteiger partial charge < -0.3 is 14.8 Å². The normalized spacial score (nSPS) is 11.0. The molecule has 1 aromatic heterocycles. The second-order valence-electron chi connectivity index (χ2n) is 6.22. The number of anilines is 1. The van der Waals surface area contributed by atoms with Crippen molar-refractivity contribution in [3.8, 4) is 5.75 Å². The van der Waals surface area contributed by atoms with Crippen molar-refractivity contribution in [3.63, 3.8) is 0 Å². The molecule has 0 aliphatic rings. The number of alkyl halides is 2. The lowest BCUT2D eigenvalue weighted by Crippen LogP contribution is -2.30. The third-order valence-electron chi connectivity index (χ3n) is 4.04. The Kier molecular flexibility index (Phi) is 7.47. The van der Waals surface area contributed by atoms with Crippen molar-refractivity contribution in [1.29, 1.82) is 0 Å². The van der Waals surface area contributed by atoms with Gasteiger partial charge in [-0.15, -0.1) is 11.3 Å². The Balaban J connectivity index is 1.96. The van der Waals surface area contributed by atoms with Crippen molar-refractivity contribution < 1.29 is 27.8 Å². The van der Waals surface area contributed by atoms with E-state index in [1.165, 1.54) is 30.6 Å². The number of aryl methyl sites for hydroxylation is 1. The first kappa shape index (κ1) is 21.8. The molecule has 0 saturated carbocycles. The number of nitrogens with zero attached hydrogens (tertiary/aromatic N) is 1. The van der Waals surface area contributed by atoms with Crippen LogP contribution < -0.4 is 10.1 Å². The topological polar surface area (TPSA) is 67.9 Å².